The van der Waals surface area contributed by atoms with Gasteiger partial charge < -0.3 is 29.9 Å². The molecule has 180 valence electrons. The van der Waals surface area contributed by atoms with E-state index in [4.69, 9.17) is 9.47 Å². The van der Waals surface area contributed by atoms with Gasteiger partial charge in [-0.15, -0.1) is 0 Å². The number of hydrogen-bond acceptors (Lipinski definition) is 6. The lowest BCUT2D eigenvalue weighted by Gasteiger charge is -2.32. The molecule has 2 amide bonds. The number of carbonyl (C=O) groups excluding carboxylic acids is 2. The number of likely N-dealkylation sites (tertiary alicyclic amines) is 1. The molecule has 3 heterocycles. The first-order valence-electron chi connectivity index (χ1n) is 12.0. The van der Waals surface area contributed by atoms with Gasteiger partial charge >= 0.3 is 0 Å². The third kappa shape index (κ3) is 4.62. The van der Waals surface area contributed by atoms with Gasteiger partial charge in [-0.3, -0.25) is 9.59 Å². The number of fused-ring (bicyclic) bond motifs is 1. The molecule has 0 saturated carbocycles. The van der Waals surface area contributed by atoms with Gasteiger partial charge in [0.25, 0.3) is 0 Å². The second-order valence-electron chi connectivity index (χ2n) is 9.57. The Morgan fingerprint density at radius 2 is 1.79 bits per heavy atom. The lowest BCUT2D eigenvalue weighted by molar-refractivity contribution is -0.128. The van der Waals surface area contributed by atoms with Gasteiger partial charge in [-0.05, 0) is 49.1 Å². The van der Waals surface area contributed by atoms with Crippen molar-refractivity contribution in [3.8, 4) is 11.5 Å². The normalized spacial score (nSPS) is 20.1. The fraction of sp³-hybridized carbons (Fsp3) is 0.462. The lowest BCUT2D eigenvalue weighted by Crippen LogP contribution is -2.32. The zero-order chi connectivity index (χ0) is 23.7. The maximum absolute atomic E-state index is 12.5. The highest BCUT2D eigenvalue weighted by molar-refractivity contribution is 5.89. The van der Waals surface area contributed by atoms with Crippen LogP contribution >= 0.6 is 0 Å². The largest absolute Gasteiger partial charge is 0.453 e. The van der Waals surface area contributed by atoms with Crippen LogP contribution in [0, 0.1) is 11.8 Å². The van der Waals surface area contributed by atoms with E-state index in [0.29, 0.717) is 24.6 Å². The number of piperidine rings is 1. The molecule has 1 atom stereocenters. The molecule has 3 aliphatic rings. The quantitative estimate of drug-likeness (QED) is 0.681. The highest BCUT2D eigenvalue weighted by atomic mass is 16.7. The highest BCUT2D eigenvalue weighted by Crippen LogP contribution is 2.43. The lowest BCUT2D eigenvalue weighted by atomic mass is 9.99. The molecule has 5 rings (SSSR count). The zero-order valence-electron chi connectivity index (χ0n) is 19.8. The molecule has 0 spiro atoms. The van der Waals surface area contributed by atoms with E-state index in [1.165, 1.54) is 18.5 Å². The monoisotopic (exact) mass is 464 g/mol. The number of nitrogens with zero attached hydrogens (tertiary/aromatic N) is 2. The molecule has 0 radical (unpaired) electrons. The van der Waals surface area contributed by atoms with Crippen molar-refractivity contribution in [1.29, 1.82) is 0 Å². The van der Waals surface area contributed by atoms with E-state index in [-0.39, 0.29) is 30.9 Å². The first kappa shape index (κ1) is 22.4. The maximum atomic E-state index is 12.5. The Bertz CT molecular complexity index is 1060. The molecule has 2 aromatic carbocycles. The molecule has 2 N–H and O–H groups in total. The van der Waals surface area contributed by atoms with Gasteiger partial charge in [0.05, 0.1) is 11.6 Å². The van der Waals surface area contributed by atoms with Gasteiger partial charge in [-0.2, -0.15) is 0 Å². The Balaban J connectivity index is 1.23. The van der Waals surface area contributed by atoms with E-state index in [0.717, 1.165) is 35.9 Å². The Morgan fingerprint density at radius 3 is 2.50 bits per heavy atom. The number of benzene rings is 2. The van der Waals surface area contributed by atoms with E-state index < -0.39 is 0 Å². The number of rotatable bonds is 6. The van der Waals surface area contributed by atoms with Crippen LogP contribution in [0.25, 0.3) is 0 Å². The Kier molecular flexibility index (Phi) is 6.22. The van der Waals surface area contributed by atoms with Crippen molar-refractivity contribution < 1.29 is 19.1 Å². The van der Waals surface area contributed by atoms with E-state index >= 15 is 0 Å². The molecule has 3 aliphatic heterocycles. The van der Waals surface area contributed by atoms with Crippen molar-refractivity contribution in [3.63, 3.8) is 0 Å². The van der Waals surface area contributed by atoms with Crippen molar-refractivity contribution in [3.05, 3.63) is 42.0 Å². The van der Waals surface area contributed by atoms with Crippen LogP contribution in [0.1, 0.15) is 31.7 Å². The van der Waals surface area contributed by atoms with Crippen molar-refractivity contribution in [2.24, 2.45) is 11.8 Å². The summed E-state index contributed by atoms with van der Waals surface area (Å²) in [6.07, 6.45) is 2.75. The molecular weight excluding hydrogens is 432 g/mol. The van der Waals surface area contributed by atoms with E-state index in [9.17, 15) is 9.59 Å². The molecule has 8 nitrogen and oxygen atoms in total. The van der Waals surface area contributed by atoms with Gasteiger partial charge in [0, 0.05) is 56.6 Å². The fourth-order valence-corrected chi connectivity index (χ4v) is 4.83. The number of amides is 2. The van der Waals surface area contributed by atoms with Crippen molar-refractivity contribution in [1.82, 2.24) is 10.2 Å². The van der Waals surface area contributed by atoms with Crippen LogP contribution in [0.15, 0.2) is 36.4 Å². The standard InChI is InChI=1S/C26H32N4O4/c1-17-9-11-30(12-10-17)21-6-4-20(5-7-21)28-22-8-3-18(24-25(22)34-16-33-24)14-27-26(32)19-13-23(31)29(2)15-19/h3-8,17,19,28H,9-16H2,1-2H3,(H,27,32). The van der Waals surface area contributed by atoms with Gasteiger partial charge in [0.2, 0.25) is 18.6 Å². The smallest absolute Gasteiger partial charge is 0.231 e. The average Bonchev–Trinajstić information content (AvgIpc) is 3.47. The molecule has 34 heavy (non-hydrogen) atoms. The third-order valence-corrected chi connectivity index (χ3v) is 7.06. The van der Waals surface area contributed by atoms with Crippen LogP contribution in [-0.2, 0) is 16.1 Å². The SMILES string of the molecule is CC1CCN(c2ccc(Nc3ccc(CNC(=O)C4CC(=O)N(C)C4)c4c3OCO4)cc2)CC1. The Morgan fingerprint density at radius 1 is 1.06 bits per heavy atom. The van der Waals surface area contributed by atoms with Crippen molar-refractivity contribution in [2.75, 3.05) is 43.7 Å². The van der Waals surface area contributed by atoms with Crippen LogP contribution in [0.2, 0.25) is 0 Å². The molecule has 8 heteroatoms. The van der Waals surface area contributed by atoms with Crippen molar-refractivity contribution >= 4 is 28.9 Å². The first-order valence-corrected chi connectivity index (χ1v) is 12.0. The van der Waals surface area contributed by atoms with Crippen LogP contribution < -0.4 is 25.0 Å². The summed E-state index contributed by atoms with van der Waals surface area (Å²) in [6.45, 7) is 5.47. The molecule has 0 bridgehead atoms. The molecule has 1 unspecified atom stereocenters. The molecule has 0 aromatic heterocycles. The summed E-state index contributed by atoms with van der Waals surface area (Å²) in [5.41, 5.74) is 3.90. The average molecular weight is 465 g/mol. The summed E-state index contributed by atoms with van der Waals surface area (Å²) in [5, 5.41) is 6.38. The predicted molar refractivity (Wildman–Crippen MR) is 130 cm³/mol. The Hall–Kier alpha value is -3.42. The number of carbonyl (C=O) groups is 2. The minimum absolute atomic E-state index is 0.00626. The van der Waals surface area contributed by atoms with E-state index in [1.807, 2.05) is 12.1 Å². The molecule has 2 saturated heterocycles. The Labute approximate surface area is 200 Å². The number of ether oxygens (including phenoxy) is 2. The predicted octanol–water partition coefficient (Wildman–Crippen LogP) is 3.49. The zero-order valence-corrected chi connectivity index (χ0v) is 19.8. The first-order chi connectivity index (χ1) is 16.5. The van der Waals surface area contributed by atoms with Crippen LogP contribution in [-0.4, -0.2) is 50.2 Å². The highest BCUT2D eigenvalue weighted by Gasteiger charge is 2.32. The summed E-state index contributed by atoms with van der Waals surface area (Å²) < 4.78 is 11.5. The summed E-state index contributed by atoms with van der Waals surface area (Å²) in [7, 11) is 1.72. The molecule has 0 aliphatic carbocycles. The number of nitrogens with one attached hydrogen (secondary N) is 2. The van der Waals surface area contributed by atoms with Gasteiger partial charge in [0.15, 0.2) is 11.5 Å². The third-order valence-electron chi connectivity index (χ3n) is 7.06. The molecular formula is C26H32N4O4. The maximum Gasteiger partial charge on any atom is 0.231 e. The van der Waals surface area contributed by atoms with Crippen molar-refractivity contribution in [2.45, 2.75) is 32.7 Å². The number of hydrogen-bond donors (Lipinski definition) is 2. The summed E-state index contributed by atoms with van der Waals surface area (Å²) in [6, 6.07) is 12.4. The van der Waals surface area contributed by atoms with E-state index in [1.54, 1.807) is 11.9 Å². The minimum Gasteiger partial charge on any atom is -0.453 e. The molecule has 2 aromatic rings. The second-order valence-corrected chi connectivity index (χ2v) is 9.57. The van der Waals surface area contributed by atoms with Crippen LogP contribution in [0.4, 0.5) is 17.1 Å². The fourth-order valence-electron chi connectivity index (χ4n) is 4.83. The summed E-state index contributed by atoms with van der Waals surface area (Å²) in [4.78, 5) is 28.3. The minimum atomic E-state index is -0.306. The summed E-state index contributed by atoms with van der Waals surface area (Å²) >= 11 is 0. The second kappa shape index (κ2) is 9.44. The van der Waals surface area contributed by atoms with E-state index in [2.05, 4.69) is 46.7 Å². The van der Waals surface area contributed by atoms with Crippen LogP contribution in [0.5, 0.6) is 11.5 Å². The van der Waals surface area contributed by atoms with Crippen LogP contribution in [0.3, 0.4) is 0 Å². The van der Waals surface area contributed by atoms with Gasteiger partial charge in [0.1, 0.15) is 0 Å². The number of anilines is 3. The molecule has 2 fully saturated rings. The van der Waals surface area contributed by atoms with Gasteiger partial charge in [-0.25, -0.2) is 0 Å². The topological polar surface area (TPSA) is 83.1 Å². The van der Waals surface area contributed by atoms with Gasteiger partial charge in [-0.1, -0.05) is 13.0 Å². The summed E-state index contributed by atoms with van der Waals surface area (Å²) in [5.74, 6) is 1.69.